The highest BCUT2D eigenvalue weighted by atomic mass is 32.3. The molecule has 1 rings (SSSR count). The second-order valence-electron chi connectivity index (χ2n) is 1.78. The van der Waals surface area contributed by atoms with Crippen molar-refractivity contribution in [3.63, 3.8) is 0 Å². The molecule has 0 aromatic carbocycles. The third kappa shape index (κ3) is 1.18. The van der Waals surface area contributed by atoms with Crippen LogP contribution in [-0.4, -0.2) is 8.42 Å². The summed E-state index contributed by atoms with van der Waals surface area (Å²) in [5, 5.41) is 0. The Bertz CT molecular complexity index is 324. The van der Waals surface area contributed by atoms with Crippen molar-refractivity contribution in [3.05, 3.63) is 18.1 Å². The molecule has 0 aliphatic carbocycles. The summed E-state index contributed by atoms with van der Waals surface area (Å²) in [6.07, 6.45) is 1.13. The van der Waals surface area contributed by atoms with Gasteiger partial charge in [-0.05, 0) is 13.0 Å². The zero-order valence-electron chi connectivity index (χ0n) is 5.17. The predicted octanol–water partition coefficient (Wildman–Crippen LogP) is 1.25. The van der Waals surface area contributed by atoms with E-state index in [9.17, 15) is 12.3 Å². The van der Waals surface area contributed by atoms with Crippen LogP contribution < -0.4 is 0 Å². The molecule has 3 nitrogen and oxygen atoms in total. The Kier molecular flexibility index (Phi) is 1.52. The summed E-state index contributed by atoms with van der Waals surface area (Å²) in [6, 6.07) is 1.07. The molecule has 1 heterocycles. The number of halogens is 1. The number of furan rings is 1. The minimum atomic E-state index is -4.58. The normalized spacial score (nSPS) is 11.8. The van der Waals surface area contributed by atoms with Gasteiger partial charge in [0.25, 0.3) is 0 Å². The molecule has 0 amide bonds. The number of aryl methyl sites for hydroxylation is 1. The lowest BCUT2D eigenvalue weighted by Gasteiger charge is -1.87. The van der Waals surface area contributed by atoms with Gasteiger partial charge in [0.2, 0.25) is 0 Å². The van der Waals surface area contributed by atoms with Crippen LogP contribution in [0.4, 0.5) is 3.89 Å². The average Bonchev–Trinajstić information content (AvgIpc) is 2.11. The molecule has 0 atom stereocenters. The fourth-order valence-electron chi connectivity index (χ4n) is 0.626. The van der Waals surface area contributed by atoms with Crippen LogP contribution >= 0.6 is 0 Å². The van der Waals surface area contributed by atoms with Crippen LogP contribution in [0.5, 0.6) is 0 Å². The van der Waals surface area contributed by atoms with Crippen molar-refractivity contribution < 1.29 is 16.7 Å². The first-order valence-electron chi connectivity index (χ1n) is 2.50. The summed E-state index contributed by atoms with van der Waals surface area (Å²) in [6.45, 7) is 1.38. The van der Waals surface area contributed by atoms with Gasteiger partial charge in [0.05, 0.1) is 6.26 Å². The van der Waals surface area contributed by atoms with Crippen LogP contribution in [0.3, 0.4) is 0 Å². The van der Waals surface area contributed by atoms with Crippen molar-refractivity contribution in [2.24, 2.45) is 0 Å². The van der Waals surface area contributed by atoms with Gasteiger partial charge < -0.3 is 4.42 Å². The highest BCUT2D eigenvalue weighted by Crippen LogP contribution is 2.17. The molecule has 0 bridgehead atoms. The van der Waals surface area contributed by atoms with E-state index in [0.29, 0.717) is 0 Å². The van der Waals surface area contributed by atoms with Gasteiger partial charge in [-0.1, -0.05) is 0 Å². The molecule has 0 N–H and O–H groups in total. The van der Waals surface area contributed by atoms with Crippen molar-refractivity contribution in [2.45, 2.75) is 11.8 Å². The van der Waals surface area contributed by atoms with Crippen molar-refractivity contribution in [3.8, 4) is 0 Å². The van der Waals surface area contributed by atoms with E-state index in [1.165, 1.54) is 6.92 Å². The highest BCUT2D eigenvalue weighted by Gasteiger charge is 2.16. The monoisotopic (exact) mass is 164 g/mol. The summed E-state index contributed by atoms with van der Waals surface area (Å²) in [5.74, 6) is 0.0718. The Labute approximate surface area is 57.7 Å². The van der Waals surface area contributed by atoms with Crippen LogP contribution in [-0.2, 0) is 10.2 Å². The topological polar surface area (TPSA) is 47.3 Å². The molecular formula is C5H5FO3S. The SMILES string of the molecule is Cc1occc1S(=O)(=O)F. The summed E-state index contributed by atoms with van der Waals surface area (Å²) in [7, 11) is -4.58. The van der Waals surface area contributed by atoms with Gasteiger partial charge in [0, 0.05) is 0 Å². The van der Waals surface area contributed by atoms with Crippen molar-refractivity contribution in [1.29, 1.82) is 0 Å². The predicted molar refractivity (Wildman–Crippen MR) is 31.7 cm³/mol. The standard InChI is InChI=1S/C5H5FO3S/c1-4-5(2-3-9-4)10(6,7)8/h2-3H,1H3. The fraction of sp³-hybridized carbons (Fsp3) is 0.200. The lowest BCUT2D eigenvalue weighted by molar-refractivity contribution is 0.515. The quantitative estimate of drug-likeness (QED) is 0.587. The molecule has 0 fully saturated rings. The fourth-order valence-corrected chi connectivity index (χ4v) is 1.24. The lowest BCUT2D eigenvalue weighted by Crippen LogP contribution is -1.90. The molecule has 0 radical (unpaired) electrons. The molecular weight excluding hydrogens is 159 g/mol. The molecule has 0 spiro atoms. The van der Waals surface area contributed by atoms with E-state index in [2.05, 4.69) is 4.42 Å². The van der Waals surface area contributed by atoms with E-state index in [-0.39, 0.29) is 5.76 Å². The first-order chi connectivity index (χ1) is 4.52. The van der Waals surface area contributed by atoms with Crippen LogP contribution in [0.15, 0.2) is 21.6 Å². The van der Waals surface area contributed by atoms with Crippen molar-refractivity contribution in [1.82, 2.24) is 0 Å². The highest BCUT2D eigenvalue weighted by molar-refractivity contribution is 7.86. The summed E-state index contributed by atoms with van der Waals surface area (Å²) >= 11 is 0. The molecule has 0 aliphatic rings. The third-order valence-corrected chi connectivity index (χ3v) is 2.02. The van der Waals surface area contributed by atoms with Gasteiger partial charge in [-0.3, -0.25) is 0 Å². The van der Waals surface area contributed by atoms with E-state index in [0.717, 1.165) is 12.3 Å². The summed E-state index contributed by atoms with van der Waals surface area (Å²) in [5.41, 5.74) is 0. The van der Waals surface area contributed by atoms with Crippen LogP contribution in [0.2, 0.25) is 0 Å². The minimum Gasteiger partial charge on any atom is -0.468 e. The summed E-state index contributed by atoms with van der Waals surface area (Å²) in [4.78, 5) is -0.396. The number of rotatable bonds is 1. The zero-order chi connectivity index (χ0) is 7.78. The second kappa shape index (κ2) is 2.09. The maximum Gasteiger partial charge on any atom is 0.335 e. The van der Waals surface area contributed by atoms with Gasteiger partial charge >= 0.3 is 10.2 Å². The third-order valence-electron chi connectivity index (χ3n) is 1.07. The van der Waals surface area contributed by atoms with Crippen LogP contribution in [0, 0.1) is 6.92 Å². The molecule has 10 heavy (non-hydrogen) atoms. The van der Waals surface area contributed by atoms with Crippen LogP contribution in [0.1, 0.15) is 5.76 Å². The first-order valence-corrected chi connectivity index (χ1v) is 3.89. The van der Waals surface area contributed by atoms with Gasteiger partial charge in [-0.15, -0.1) is 3.89 Å². The number of hydrogen-bond acceptors (Lipinski definition) is 3. The Morgan fingerprint density at radius 3 is 2.40 bits per heavy atom. The Morgan fingerprint density at radius 1 is 1.60 bits per heavy atom. The molecule has 0 aliphatic heterocycles. The molecule has 0 saturated carbocycles. The van der Waals surface area contributed by atoms with Gasteiger partial charge in [0.15, 0.2) is 0 Å². The van der Waals surface area contributed by atoms with E-state index in [1.807, 2.05) is 0 Å². The van der Waals surface area contributed by atoms with Crippen molar-refractivity contribution in [2.75, 3.05) is 0 Å². The van der Waals surface area contributed by atoms with E-state index in [4.69, 9.17) is 0 Å². The van der Waals surface area contributed by atoms with Gasteiger partial charge in [-0.25, -0.2) is 0 Å². The van der Waals surface area contributed by atoms with E-state index < -0.39 is 15.1 Å². The largest absolute Gasteiger partial charge is 0.468 e. The first kappa shape index (κ1) is 7.27. The van der Waals surface area contributed by atoms with E-state index in [1.54, 1.807) is 0 Å². The molecule has 0 unspecified atom stereocenters. The Balaban J connectivity index is 3.32. The number of hydrogen-bond donors (Lipinski definition) is 0. The lowest BCUT2D eigenvalue weighted by atomic mass is 10.5. The molecule has 5 heteroatoms. The second-order valence-corrected chi connectivity index (χ2v) is 3.09. The average molecular weight is 164 g/mol. The van der Waals surface area contributed by atoms with Crippen LogP contribution in [0.25, 0.3) is 0 Å². The maximum atomic E-state index is 12.1. The van der Waals surface area contributed by atoms with Crippen molar-refractivity contribution >= 4 is 10.2 Å². The molecule has 0 saturated heterocycles. The molecule has 1 aromatic rings. The minimum absolute atomic E-state index is 0.0718. The molecule has 56 valence electrons. The summed E-state index contributed by atoms with van der Waals surface area (Å²) < 4.78 is 37.1. The Hall–Kier alpha value is -0.840. The Morgan fingerprint density at radius 2 is 2.20 bits per heavy atom. The zero-order valence-corrected chi connectivity index (χ0v) is 5.98. The molecule has 1 aromatic heterocycles. The van der Waals surface area contributed by atoms with Gasteiger partial charge in [-0.2, -0.15) is 8.42 Å². The van der Waals surface area contributed by atoms with E-state index >= 15 is 0 Å². The van der Waals surface area contributed by atoms with Gasteiger partial charge in [0.1, 0.15) is 10.7 Å². The maximum absolute atomic E-state index is 12.1. The smallest absolute Gasteiger partial charge is 0.335 e.